The van der Waals surface area contributed by atoms with Crippen LogP contribution in [0.25, 0.3) is 0 Å². The summed E-state index contributed by atoms with van der Waals surface area (Å²) in [6, 6.07) is 0. The van der Waals surface area contributed by atoms with E-state index in [1.54, 1.807) is 0 Å². The summed E-state index contributed by atoms with van der Waals surface area (Å²) in [6.07, 6.45) is 5.79. The zero-order valence-electron chi connectivity index (χ0n) is 13.3. The molecule has 0 N–H and O–H groups in total. The number of fused-ring (bicyclic) bond motifs is 2. The summed E-state index contributed by atoms with van der Waals surface area (Å²) in [5.41, 5.74) is 1.61. The highest BCUT2D eigenvalue weighted by Gasteiger charge is 2.54. The fourth-order valence-corrected chi connectivity index (χ4v) is 8.00. The van der Waals surface area contributed by atoms with Crippen molar-refractivity contribution >= 4 is 8.58 Å². The molecule has 1 saturated heterocycles. The Hall–Kier alpha value is 0.430. The van der Waals surface area contributed by atoms with E-state index in [4.69, 9.17) is 0 Å². The van der Waals surface area contributed by atoms with Gasteiger partial charge < -0.3 is 0 Å². The molecule has 0 aromatic heterocycles. The molecule has 7 unspecified atom stereocenters. The average Bonchev–Trinajstić information content (AvgIpc) is 2.51. The van der Waals surface area contributed by atoms with Gasteiger partial charge in [-0.3, -0.25) is 0 Å². The van der Waals surface area contributed by atoms with Crippen molar-refractivity contribution in [1.82, 2.24) is 0 Å². The third-order valence-electron chi connectivity index (χ3n) is 6.26. The van der Waals surface area contributed by atoms with Crippen molar-refractivity contribution in [3.63, 3.8) is 0 Å². The lowest BCUT2D eigenvalue weighted by atomic mass is 9.66. The van der Waals surface area contributed by atoms with Gasteiger partial charge >= 0.3 is 0 Å². The van der Waals surface area contributed by atoms with Gasteiger partial charge in [-0.1, -0.05) is 54.4 Å². The first-order valence-electron chi connectivity index (χ1n) is 8.16. The third-order valence-corrected chi connectivity index (χ3v) is 8.59. The molecule has 0 radical (unpaired) electrons. The van der Waals surface area contributed by atoms with Crippen LogP contribution in [0.15, 0.2) is 0 Å². The van der Waals surface area contributed by atoms with E-state index in [1.807, 2.05) is 0 Å². The van der Waals surface area contributed by atoms with Crippen LogP contribution in [0.3, 0.4) is 0 Å². The molecule has 2 fully saturated rings. The van der Waals surface area contributed by atoms with Crippen molar-refractivity contribution in [1.29, 1.82) is 0 Å². The van der Waals surface area contributed by atoms with Crippen LogP contribution in [0.5, 0.6) is 0 Å². The minimum Gasteiger partial charge on any atom is -0.118 e. The summed E-state index contributed by atoms with van der Waals surface area (Å²) in [5.74, 6) is 4.88. The standard InChI is InChI=1S/C17H33P/c1-7-13-9-11(3)10-18-16-12(4)15(13)17(5,6)14(16)8-2/h11-16,18H,7-10H2,1-6H3. The van der Waals surface area contributed by atoms with E-state index in [0.717, 1.165) is 35.2 Å². The highest BCUT2D eigenvalue weighted by Crippen LogP contribution is 2.62. The maximum atomic E-state index is 2.59. The largest absolute Gasteiger partial charge is 0.118 e. The summed E-state index contributed by atoms with van der Waals surface area (Å²) >= 11 is 0. The van der Waals surface area contributed by atoms with Gasteiger partial charge in [0.05, 0.1) is 0 Å². The van der Waals surface area contributed by atoms with Gasteiger partial charge in [0.2, 0.25) is 0 Å². The van der Waals surface area contributed by atoms with Crippen LogP contribution < -0.4 is 0 Å². The molecule has 18 heavy (non-hydrogen) atoms. The monoisotopic (exact) mass is 268 g/mol. The van der Waals surface area contributed by atoms with Gasteiger partial charge in [-0.2, -0.15) is 0 Å². The fourth-order valence-electron chi connectivity index (χ4n) is 5.63. The summed E-state index contributed by atoms with van der Waals surface area (Å²) in [5, 5.41) is 0. The molecule has 1 heterocycles. The van der Waals surface area contributed by atoms with Crippen LogP contribution in [0, 0.1) is 35.0 Å². The van der Waals surface area contributed by atoms with E-state index >= 15 is 0 Å². The predicted molar refractivity (Wildman–Crippen MR) is 84.7 cm³/mol. The first kappa shape index (κ1) is 14.8. The molecule has 1 heteroatoms. The van der Waals surface area contributed by atoms with Crippen molar-refractivity contribution in [3.05, 3.63) is 0 Å². The van der Waals surface area contributed by atoms with Crippen LogP contribution in [0.1, 0.15) is 60.8 Å². The highest BCUT2D eigenvalue weighted by atomic mass is 31.1. The lowest BCUT2D eigenvalue weighted by Crippen LogP contribution is -2.33. The van der Waals surface area contributed by atoms with E-state index in [0.29, 0.717) is 5.41 Å². The van der Waals surface area contributed by atoms with Gasteiger partial charge in [0.15, 0.2) is 0 Å². The van der Waals surface area contributed by atoms with Crippen LogP contribution in [-0.2, 0) is 0 Å². The van der Waals surface area contributed by atoms with Gasteiger partial charge in [0.25, 0.3) is 0 Å². The summed E-state index contributed by atoms with van der Waals surface area (Å²) in [7, 11) is 1.23. The van der Waals surface area contributed by atoms with E-state index in [9.17, 15) is 0 Å². The molecule has 2 aliphatic rings. The summed E-state index contributed by atoms with van der Waals surface area (Å²) in [4.78, 5) is 0. The second kappa shape index (κ2) is 5.43. The zero-order chi connectivity index (χ0) is 13.5. The van der Waals surface area contributed by atoms with Crippen molar-refractivity contribution in [3.8, 4) is 0 Å². The second-order valence-electron chi connectivity index (χ2n) is 7.66. The quantitative estimate of drug-likeness (QED) is 0.587. The molecule has 1 aliphatic heterocycles. The molecule has 106 valence electrons. The smallest absolute Gasteiger partial charge is 0.0174 e. The minimum atomic E-state index is 0.580. The molecule has 1 aliphatic carbocycles. The maximum absolute atomic E-state index is 2.59. The van der Waals surface area contributed by atoms with E-state index in [2.05, 4.69) is 41.5 Å². The van der Waals surface area contributed by atoms with Crippen molar-refractivity contribution < 1.29 is 0 Å². The lowest BCUT2D eigenvalue weighted by Gasteiger charge is -2.40. The normalized spacial score (nSPS) is 49.0. The Labute approximate surface area is 116 Å². The molecular weight excluding hydrogens is 235 g/mol. The van der Waals surface area contributed by atoms with E-state index in [-0.39, 0.29) is 0 Å². The number of hydrogen-bond acceptors (Lipinski definition) is 0. The SMILES string of the molecule is CCC1CC(C)CPC2C(C)C1C(C)(C)C2CC. The van der Waals surface area contributed by atoms with Gasteiger partial charge in [0.1, 0.15) is 0 Å². The van der Waals surface area contributed by atoms with Crippen LogP contribution in [0.2, 0.25) is 0 Å². The van der Waals surface area contributed by atoms with E-state index < -0.39 is 0 Å². The van der Waals surface area contributed by atoms with Crippen molar-refractivity contribution in [2.24, 2.45) is 35.0 Å². The van der Waals surface area contributed by atoms with Gasteiger partial charge in [-0.25, -0.2) is 0 Å². The minimum absolute atomic E-state index is 0.580. The Bertz CT molecular complexity index is 283. The fraction of sp³-hybridized carbons (Fsp3) is 1.00. The van der Waals surface area contributed by atoms with Crippen LogP contribution in [0.4, 0.5) is 0 Å². The first-order valence-corrected chi connectivity index (χ1v) is 9.45. The van der Waals surface area contributed by atoms with Gasteiger partial charge in [0, 0.05) is 0 Å². The van der Waals surface area contributed by atoms with Crippen LogP contribution >= 0.6 is 8.58 Å². The maximum Gasteiger partial charge on any atom is -0.0174 e. The Morgan fingerprint density at radius 3 is 2.33 bits per heavy atom. The van der Waals surface area contributed by atoms with Crippen molar-refractivity contribution in [2.75, 3.05) is 6.16 Å². The Kier molecular flexibility index (Phi) is 4.48. The highest BCUT2D eigenvalue weighted by molar-refractivity contribution is 7.39. The molecular formula is C17H33P. The zero-order valence-corrected chi connectivity index (χ0v) is 14.3. The first-order chi connectivity index (χ1) is 8.43. The van der Waals surface area contributed by atoms with E-state index in [1.165, 1.54) is 34.0 Å². The molecule has 7 atom stereocenters. The summed E-state index contributed by atoms with van der Waals surface area (Å²) in [6.45, 7) is 15.1. The molecule has 0 aromatic rings. The molecule has 0 amide bonds. The molecule has 1 saturated carbocycles. The van der Waals surface area contributed by atoms with Crippen molar-refractivity contribution in [2.45, 2.75) is 66.5 Å². The third kappa shape index (κ3) is 2.28. The molecule has 2 rings (SSSR count). The summed E-state index contributed by atoms with van der Waals surface area (Å²) < 4.78 is 0. The Morgan fingerprint density at radius 2 is 1.78 bits per heavy atom. The number of hydrogen-bond donors (Lipinski definition) is 0. The predicted octanol–water partition coefficient (Wildman–Crippen LogP) is 5.42. The molecule has 0 aromatic carbocycles. The molecule has 0 spiro atoms. The molecule has 0 nitrogen and oxygen atoms in total. The lowest BCUT2D eigenvalue weighted by molar-refractivity contribution is 0.0938. The number of rotatable bonds is 2. The Morgan fingerprint density at radius 1 is 1.11 bits per heavy atom. The average molecular weight is 268 g/mol. The Balaban J connectivity index is 2.35. The second-order valence-corrected chi connectivity index (χ2v) is 9.15. The molecule has 2 bridgehead atoms. The van der Waals surface area contributed by atoms with Crippen LogP contribution in [-0.4, -0.2) is 11.8 Å². The van der Waals surface area contributed by atoms with Gasteiger partial charge in [-0.05, 0) is 53.2 Å². The topological polar surface area (TPSA) is 0 Å². The van der Waals surface area contributed by atoms with Gasteiger partial charge in [-0.15, -0.1) is 8.58 Å².